The number of hydrogen-bond donors (Lipinski definition) is 2. The average Bonchev–Trinajstić information content (AvgIpc) is 3.10. The number of carbonyl (C=O) groups excluding carboxylic acids is 1. The van der Waals surface area contributed by atoms with Gasteiger partial charge in [-0.15, -0.1) is 10.2 Å². The van der Waals surface area contributed by atoms with E-state index in [0.29, 0.717) is 28.4 Å². The summed E-state index contributed by atoms with van der Waals surface area (Å²) < 4.78 is 12.2. The minimum atomic E-state index is -0.144. The van der Waals surface area contributed by atoms with Gasteiger partial charge in [0, 0.05) is 11.8 Å². The van der Waals surface area contributed by atoms with Crippen molar-refractivity contribution in [3.63, 3.8) is 0 Å². The first-order chi connectivity index (χ1) is 14.5. The summed E-state index contributed by atoms with van der Waals surface area (Å²) in [6.07, 6.45) is 0. The summed E-state index contributed by atoms with van der Waals surface area (Å²) in [5.74, 6) is 8.29. The largest absolute Gasteiger partial charge is 0.497 e. The molecular weight excluding hydrogens is 402 g/mol. The number of nitrogens with one attached hydrogen (secondary N) is 1. The Kier molecular flexibility index (Phi) is 7.18. The molecule has 9 heteroatoms. The molecule has 0 aliphatic rings. The number of rotatable bonds is 9. The molecule has 0 saturated heterocycles. The Balaban J connectivity index is 1.51. The number of nitrogens with two attached hydrogens (primary N) is 1. The zero-order valence-electron chi connectivity index (χ0n) is 17.2. The number of ether oxygens (including phenoxy) is 2. The molecule has 1 aromatic heterocycles. The monoisotopic (exact) mass is 427 g/mol. The maximum absolute atomic E-state index is 12.2. The van der Waals surface area contributed by atoms with Gasteiger partial charge in [-0.1, -0.05) is 43.8 Å². The van der Waals surface area contributed by atoms with E-state index in [1.54, 1.807) is 13.2 Å². The highest BCUT2D eigenvalue weighted by molar-refractivity contribution is 7.99. The number of carbonyl (C=O) groups is 1. The van der Waals surface area contributed by atoms with Gasteiger partial charge < -0.3 is 20.6 Å². The number of amides is 1. The van der Waals surface area contributed by atoms with Crippen molar-refractivity contribution in [3.05, 3.63) is 59.9 Å². The molecule has 1 heterocycles. The third kappa shape index (κ3) is 5.66. The van der Waals surface area contributed by atoms with Gasteiger partial charge in [-0.2, -0.15) is 0 Å². The van der Waals surface area contributed by atoms with Crippen LogP contribution in [0, 0.1) is 0 Å². The van der Waals surface area contributed by atoms with Crippen LogP contribution in [0.15, 0.2) is 53.7 Å². The van der Waals surface area contributed by atoms with E-state index in [0.717, 1.165) is 5.69 Å². The Labute approximate surface area is 179 Å². The van der Waals surface area contributed by atoms with Crippen molar-refractivity contribution in [2.75, 3.05) is 24.0 Å². The molecule has 0 spiro atoms. The van der Waals surface area contributed by atoms with E-state index in [4.69, 9.17) is 15.3 Å². The molecule has 0 aliphatic heterocycles. The summed E-state index contributed by atoms with van der Waals surface area (Å²) in [5, 5.41) is 11.4. The number of anilines is 1. The fourth-order valence-electron chi connectivity index (χ4n) is 2.62. The summed E-state index contributed by atoms with van der Waals surface area (Å²) in [6, 6.07) is 15.1. The van der Waals surface area contributed by atoms with Gasteiger partial charge in [-0.3, -0.25) is 4.79 Å². The summed E-state index contributed by atoms with van der Waals surface area (Å²) in [6.45, 7) is 4.40. The van der Waals surface area contributed by atoms with Gasteiger partial charge in [-0.05, 0) is 35.7 Å². The van der Waals surface area contributed by atoms with Gasteiger partial charge in [0.2, 0.25) is 11.1 Å². The predicted octanol–water partition coefficient (Wildman–Crippen LogP) is 3.43. The van der Waals surface area contributed by atoms with Crippen molar-refractivity contribution in [1.29, 1.82) is 0 Å². The molecule has 30 heavy (non-hydrogen) atoms. The van der Waals surface area contributed by atoms with Crippen LogP contribution < -0.4 is 20.6 Å². The highest BCUT2D eigenvalue weighted by atomic mass is 32.2. The zero-order chi connectivity index (χ0) is 21.5. The molecule has 0 fully saturated rings. The first-order valence-corrected chi connectivity index (χ1v) is 10.4. The quantitative estimate of drug-likeness (QED) is 0.398. The van der Waals surface area contributed by atoms with E-state index >= 15 is 0 Å². The van der Waals surface area contributed by atoms with Gasteiger partial charge in [0.15, 0.2) is 5.82 Å². The normalized spacial score (nSPS) is 10.8. The Morgan fingerprint density at radius 1 is 1.17 bits per heavy atom. The topological polar surface area (TPSA) is 104 Å². The molecule has 0 unspecified atom stereocenters. The second-order valence-electron chi connectivity index (χ2n) is 6.85. The van der Waals surface area contributed by atoms with Gasteiger partial charge in [0.1, 0.15) is 18.1 Å². The molecule has 0 saturated carbocycles. The summed E-state index contributed by atoms with van der Waals surface area (Å²) in [5.41, 5.74) is 1.98. The van der Waals surface area contributed by atoms with Crippen LogP contribution in [-0.2, 0) is 11.4 Å². The lowest BCUT2D eigenvalue weighted by Crippen LogP contribution is -2.18. The summed E-state index contributed by atoms with van der Waals surface area (Å²) in [4.78, 5) is 12.2. The molecule has 158 valence electrons. The van der Waals surface area contributed by atoms with E-state index in [9.17, 15) is 4.79 Å². The number of benzene rings is 2. The van der Waals surface area contributed by atoms with Gasteiger partial charge in [0.05, 0.1) is 12.9 Å². The van der Waals surface area contributed by atoms with E-state index in [2.05, 4.69) is 29.4 Å². The summed E-state index contributed by atoms with van der Waals surface area (Å²) in [7, 11) is 1.59. The highest BCUT2D eigenvalue weighted by Crippen LogP contribution is 2.21. The second kappa shape index (κ2) is 10.0. The van der Waals surface area contributed by atoms with Crippen molar-refractivity contribution >= 4 is 23.4 Å². The molecular formula is C21H25N5O3S. The van der Waals surface area contributed by atoms with Crippen LogP contribution >= 0.6 is 11.8 Å². The minimum absolute atomic E-state index is 0.144. The maximum Gasteiger partial charge on any atom is 0.234 e. The predicted molar refractivity (Wildman–Crippen MR) is 117 cm³/mol. The number of methoxy groups -OCH3 is 1. The molecule has 1 amide bonds. The van der Waals surface area contributed by atoms with Crippen LogP contribution in [-0.4, -0.2) is 33.6 Å². The molecule has 2 aromatic carbocycles. The molecule has 3 N–H and O–H groups in total. The zero-order valence-corrected chi connectivity index (χ0v) is 18.0. The molecule has 3 aromatic rings. The Morgan fingerprint density at radius 2 is 1.90 bits per heavy atom. The lowest BCUT2D eigenvalue weighted by atomic mass is 10.0. The Hall–Kier alpha value is -3.20. The van der Waals surface area contributed by atoms with Gasteiger partial charge in [0.25, 0.3) is 0 Å². The number of aromatic nitrogens is 3. The third-order valence-corrected chi connectivity index (χ3v) is 5.28. The molecule has 8 nitrogen and oxygen atoms in total. The Bertz CT molecular complexity index is 989. The maximum atomic E-state index is 12.2. The van der Waals surface area contributed by atoms with Crippen molar-refractivity contribution in [1.82, 2.24) is 14.9 Å². The van der Waals surface area contributed by atoms with Crippen molar-refractivity contribution in [2.45, 2.75) is 31.5 Å². The molecule has 3 rings (SSSR count). The van der Waals surface area contributed by atoms with E-state index < -0.39 is 0 Å². The second-order valence-corrected chi connectivity index (χ2v) is 7.79. The molecule has 0 bridgehead atoms. The summed E-state index contributed by atoms with van der Waals surface area (Å²) >= 11 is 1.21. The average molecular weight is 428 g/mol. The van der Waals surface area contributed by atoms with E-state index in [1.807, 2.05) is 42.5 Å². The Morgan fingerprint density at radius 3 is 2.60 bits per heavy atom. The molecule has 0 radical (unpaired) electrons. The van der Waals surface area contributed by atoms with Crippen LogP contribution in [0.5, 0.6) is 11.5 Å². The van der Waals surface area contributed by atoms with Gasteiger partial charge >= 0.3 is 0 Å². The third-order valence-electron chi connectivity index (χ3n) is 4.34. The van der Waals surface area contributed by atoms with E-state index in [-0.39, 0.29) is 18.3 Å². The highest BCUT2D eigenvalue weighted by Gasteiger charge is 2.13. The van der Waals surface area contributed by atoms with Crippen LogP contribution in [0.25, 0.3) is 0 Å². The number of nitrogens with zero attached hydrogens (tertiary/aromatic N) is 3. The fourth-order valence-corrected chi connectivity index (χ4v) is 3.30. The molecule has 0 aliphatic carbocycles. The molecule has 0 atom stereocenters. The lowest BCUT2D eigenvalue weighted by molar-refractivity contribution is -0.113. The number of hydrogen-bond acceptors (Lipinski definition) is 7. The standard InChI is InChI=1S/C21H25N5O3S/c1-14(2)15-7-9-16(10-8-15)23-20(27)13-30-21-25-24-19(26(21)22)12-29-18-6-4-5-17(11-18)28-3/h4-11,14H,12-13,22H2,1-3H3,(H,23,27). The van der Waals surface area contributed by atoms with Crippen LogP contribution in [0.1, 0.15) is 31.2 Å². The number of thioether (sulfide) groups is 1. The smallest absolute Gasteiger partial charge is 0.234 e. The first-order valence-electron chi connectivity index (χ1n) is 9.45. The van der Waals surface area contributed by atoms with Crippen molar-refractivity contribution in [2.24, 2.45) is 0 Å². The van der Waals surface area contributed by atoms with Crippen LogP contribution in [0.3, 0.4) is 0 Å². The SMILES string of the molecule is COc1cccc(OCc2nnc(SCC(=O)Nc3ccc(C(C)C)cc3)n2N)c1. The van der Waals surface area contributed by atoms with Crippen molar-refractivity contribution < 1.29 is 14.3 Å². The fraction of sp³-hybridized carbons (Fsp3) is 0.286. The van der Waals surface area contributed by atoms with Crippen LogP contribution in [0.4, 0.5) is 5.69 Å². The van der Waals surface area contributed by atoms with Gasteiger partial charge in [-0.25, -0.2) is 4.68 Å². The van der Waals surface area contributed by atoms with Crippen LogP contribution in [0.2, 0.25) is 0 Å². The van der Waals surface area contributed by atoms with E-state index in [1.165, 1.54) is 22.0 Å². The lowest BCUT2D eigenvalue weighted by Gasteiger charge is -2.09. The first kappa shape index (κ1) is 21.5. The number of nitrogen functional groups attached to an aromatic ring is 1. The minimum Gasteiger partial charge on any atom is -0.497 e. The van der Waals surface area contributed by atoms with Crippen molar-refractivity contribution in [3.8, 4) is 11.5 Å².